The highest BCUT2D eigenvalue weighted by atomic mass is 16.2. The lowest BCUT2D eigenvalue weighted by Crippen LogP contribution is -2.07. The van der Waals surface area contributed by atoms with E-state index < -0.39 is 6.03 Å². The Hall–Kier alpha value is -0.860. The van der Waals surface area contributed by atoms with Gasteiger partial charge in [-0.3, -0.25) is 0 Å². The molecule has 0 aromatic rings. The zero-order valence-corrected chi connectivity index (χ0v) is 5.85. The fraction of sp³-hybridized carbons (Fsp3) is 0.667. The van der Waals surface area contributed by atoms with Gasteiger partial charge in [-0.15, -0.1) is 0 Å². The average molecular weight is 128 g/mol. The minimum absolute atomic E-state index is 0.596. The summed E-state index contributed by atoms with van der Waals surface area (Å²) in [5.74, 6) is 0. The van der Waals surface area contributed by atoms with E-state index in [0.29, 0.717) is 0 Å². The molecule has 0 aromatic carbocycles. The summed E-state index contributed by atoms with van der Waals surface area (Å²) in [6.45, 7) is 3.83. The van der Waals surface area contributed by atoms with Crippen LogP contribution in [-0.4, -0.2) is 11.7 Å². The third-order valence-corrected chi connectivity index (χ3v) is 0.913. The van der Waals surface area contributed by atoms with Crippen molar-refractivity contribution in [3.05, 3.63) is 0 Å². The molecular weight excluding hydrogens is 116 g/mol. The molecule has 52 valence electrons. The first-order chi connectivity index (χ1) is 4.16. The Morgan fingerprint density at radius 1 is 1.67 bits per heavy atom. The molecule has 0 heterocycles. The van der Waals surface area contributed by atoms with Crippen LogP contribution in [0.25, 0.3) is 0 Å². The lowest BCUT2D eigenvalue weighted by Gasteiger charge is -1.91. The van der Waals surface area contributed by atoms with Crippen molar-refractivity contribution >= 4 is 11.7 Å². The summed E-state index contributed by atoms with van der Waals surface area (Å²) >= 11 is 0. The number of amides is 2. The smallest absolute Gasteiger partial charge is 0.338 e. The first-order valence-electron chi connectivity index (χ1n) is 3.00. The number of primary amides is 1. The molecule has 2 N–H and O–H groups in total. The molecule has 0 unspecified atom stereocenters. The van der Waals surface area contributed by atoms with E-state index in [1.165, 1.54) is 0 Å². The highest BCUT2D eigenvalue weighted by Crippen LogP contribution is 1.90. The third-order valence-electron chi connectivity index (χ3n) is 0.913. The van der Waals surface area contributed by atoms with Crippen LogP contribution in [0.1, 0.15) is 26.7 Å². The second-order valence-electron chi connectivity index (χ2n) is 1.94. The molecule has 2 amide bonds. The Morgan fingerprint density at radius 3 is 2.56 bits per heavy atom. The number of nitrogens with zero attached hydrogens (tertiary/aromatic N) is 1. The fourth-order valence-corrected chi connectivity index (χ4v) is 0.606. The van der Waals surface area contributed by atoms with Crippen LogP contribution >= 0.6 is 0 Å². The zero-order valence-electron chi connectivity index (χ0n) is 5.85. The standard InChI is InChI=1S/C6H12N2O/c1-3-4-5(2)8-6(7)9/h3-4H2,1-2H3,(H2,7,9). The number of nitrogens with two attached hydrogens (primary N) is 1. The van der Waals surface area contributed by atoms with Gasteiger partial charge in [0.1, 0.15) is 0 Å². The molecule has 0 atom stereocenters. The minimum atomic E-state index is -0.596. The second-order valence-corrected chi connectivity index (χ2v) is 1.94. The SMILES string of the molecule is CCCC(C)=NC(N)=O. The second kappa shape index (κ2) is 4.06. The molecule has 0 aliphatic heterocycles. The number of carbonyl (C=O) groups excluding carboxylic acids is 1. The van der Waals surface area contributed by atoms with Crippen LogP contribution in [0, 0.1) is 0 Å². The van der Waals surface area contributed by atoms with Crippen molar-refractivity contribution in [1.29, 1.82) is 0 Å². The quantitative estimate of drug-likeness (QED) is 0.560. The van der Waals surface area contributed by atoms with E-state index >= 15 is 0 Å². The summed E-state index contributed by atoms with van der Waals surface area (Å²) in [5.41, 5.74) is 5.61. The average Bonchev–Trinajstić information content (AvgIpc) is 1.63. The van der Waals surface area contributed by atoms with Crippen molar-refractivity contribution in [1.82, 2.24) is 0 Å². The fourth-order valence-electron chi connectivity index (χ4n) is 0.606. The molecule has 9 heavy (non-hydrogen) atoms. The molecule has 0 aliphatic rings. The molecule has 0 fully saturated rings. The molecule has 0 saturated carbocycles. The van der Waals surface area contributed by atoms with Crippen molar-refractivity contribution in [3.8, 4) is 0 Å². The van der Waals surface area contributed by atoms with Crippen LogP contribution in [0.15, 0.2) is 4.99 Å². The largest absolute Gasteiger partial charge is 0.350 e. The summed E-state index contributed by atoms with van der Waals surface area (Å²) in [6, 6.07) is -0.596. The number of aliphatic imine (C=N–C) groups is 1. The molecule has 0 aromatic heterocycles. The van der Waals surface area contributed by atoms with Gasteiger partial charge in [-0.25, -0.2) is 9.79 Å². The lowest BCUT2D eigenvalue weighted by atomic mass is 10.2. The molecule has 0 saturated heterocycles. The minimum Gasteiger partial charge on any atom is -0.350 e. The number of hydrogen-bond donors (Lipinski definition) is 1. The van der Waals surface area contributed by atoms with Crippen molar-refractivity contribution in [2.75, 3.05) is 0 Å². The summed E-state index contributed by atoms with van der Waals surface area (Å²) in [7, 11) is 0. The highest BCUT2D eigenvalue weighted by molar-refractivity contribution is 5.92. The van der Waals surface area contributed by atoms with Crippen LogP contribution in [0.4, 0.5) is 4.79 Å². The summed E-state index contributed by atoms with van der Waals surface area (Å²) in [5, 5.41) is 0. The van der Waals surface area contributed by atoms with Crippen molar-refractivity contribution in [2.24, 2.45) is 10.7 Å². The molecule has 0 spiro atoms. The van der Waals surface area contributed by atoms with Crippen LogP contribution in [0.3, 0.4) is 0 Å². The van der Waals surface area contributed by atoms with E-state index in [-0.39, 0.29) is 0 Å². The van der Waals surface area contributed by atoms with Gasteiger partial charge in [0.05, 0.1) is 0 Å². The van der Waals surface area contributed by atoms with Crippen LogP contribution in [0.2, 0.25) is 0 Å². The van der Waals surface area contributed by atoms with Gasteiger partial charge >= 0.3 is 6.03 Å². The molecule has 3 heteroatoms. The third kappa shape index (κ3) is 5.00. The highest BCUT2D eigenvalue weighted by Gasteiger charge is 1.90. The van der Waals surface area contributed by atoms with Crippen molar-refractivity contribution < 1.29 is 4.79 Å². The Morgan fingerprint density at radius 2 is 2.22 bits per heavy atom. The van der Waals surface area contributed by atoms with Crippen molar-refractivity contribution in [3.63, 3.8) is 0 Å². The van der Waals surface area contributed by atoms with Crippen LogP contribution in [-0.2, 0) is 0 Å². The van der Waals surface area contributed by atoms with E-state index in [2.05, 4.69) is 4.99 Å². The van der Waals surface area contributed by atoms with Gasteiger partial charge in [-0.1, -0.05) is 13.3 Å². The molecule has 0 radical (unpaired) electrons. The van der Waals surface area contributed by atoms with E-state index in [4.69, 9.17) is 5.73 Å². The lowest BCUT2D eigenvalue weighted by molar-refractivity contribution is 0.256. The first-order valence-corrected chi connectivity index (χ1v) is 3.00. The van der Waals surface area contributed by atoms with Gasteiger partial charge in [0.2, 0.25) is 0 Å². The predicted octanol–water partition coefficient (Wildman–Crippen LogP) is 1.33. The number of carbonyl (C=O) groups is 1. The van der Waals surface area contributed by atoms with Gasteiger partial charge in [0.25, 0.3) is 0 Å². The first kappa shape index (κ1) is 8.14. The van der Waals surface area contributed by atoms with E-state index in [9.17, 15) is 4.79 Å². The van der Waals surface area contributed by atoms with Crippen LogP contribution < -0.4 is 5.73 Å². The number of rotatable bonds is 2. The maximum Gasteiger partial charge on any atom is 0.338 e. The van der Waals surface area contributed by atoms with E-state index in [1.54, 1.807) is 6.92 Å². The van der Waals surface area contributed by atoms with Gasteiger partial charge < -0.3 is 5.73 Å². The van der Waals surface area contributed by atoms with Gasteiger partial charge in [-0.05, 0) is 13.3 Å². The van der Waals surface area contributed by atoms with E-state index in [1.807, 2.05) is 6.92 Å². The van der Waals surface area contributed by atoms with Crippen molar-refractivity contribution in [2.45, 2.75) is 26.7 Å². The molecule has 3 nitrogen and oxygen atoms in total. The normalized spacial score (nSPS) is 11.6. The summed E-state index contributed by atoms with van der Waals surface area (Å²) in [6.07, 6.45) is 1.85. The molecule has 0 bridgehead atoms. The summed E-state index contributed by atoms with van der Waals surface area (Å²) in [4.78, 5) is 13.6. The number of hydrogen-bond acceptors (Lipinski definition) is 1. The van der Waals surface area contributed by atoms with Gasteiger partial charge in [0.15, 0.2) is 0 Å². The Kier molecular flexibility index (Phi) is 3.67. The molecule has 0 aliphatic carbocycles. The maximum absolute atomic E-state index is 10.1. The Labute approximate surface area is 55.0 Å². The zero-order chi connectivity index (χ0) is 7.28. The monoisotopic (exact) mass is 128 g/mol. The van der Waals surface area contributed by atoms with Crippen LogP contribution in [0.5, 0.6) is 0 Å². The van der Waals surface area contributed by atoms with E-state index in [0.717, 1.165) is 18.6 Å². The Bertz CT molecular complexity index is 129. The molecular formula is C6H12N2O. The van der Waals surface area contributed by atoms with Gasteiger partial charge in [0, 0.05) is 5.71 Å². The number of urea groups is 1. The summed E-state index contributed by atoms with van der Waals surface area (Å²) < 4.78 is 0. The predicted molar refractivity (Wildman–Crippen MR) is 37.6 cm³/mol. The van der Waals surface area contributed by atoms with Gasteiger partial charge in [-0.2, -0.15) is 0 Å². The maximum atomic E-state index is 10.1. The topological polar surface area (TPSA) is 55.4 Å². The molecule has 0 rings (SSSR count). The Balaban J connectivity index is 3.69.